The number of methoxy groups -OCH3 is 1. The first-order valence-electron chi connectivity index (χ1n) is 7.48. The van der Waals surface area contributed by atoms with Crippen molar-refractivity contribution < 1.29 is 31.8 Å². The summed E-state index contributed by atoms with van der Waals surface area (Å²) in [7, 11) is 0.269. The van der Waals surface area contributed by atoms with Gasteiger partial charge in [0.1, 0.15) is 0 Å². The van der Waals surface area contributed by atoms with Gasteiger partial charge in [-0.15, -0.1) is 0 Å². The predicted molar refractivity (Wildman–Crippen MR) is 85.8 cm³/mol. The van der Waals surface area contributed by atoms with Gasteiger partial charge in [0.25, 0.3) is 5.91 Å². The van der Waals surface area contributed by atoms with Crippen LogP contribution in [0.1, 0.15) is 10.4 Å². The number of hydrogen-bond donors (Lipinski definition) is 1. The molecule has 0 radical (unpaired) electrons. The fraction of sp³-hybridized carbons (Fsp3) is 0.533. The van der Waals surface area contributed by atoms with E-state index in [9.17, 15) is 27.1 Å². The van der Waals surface area contributed by atoms with E-state index in [0.29, 0.717) is 0 Å². The summed E-state index contributed by atoms with van der Waals surface area (Å²) >= 11 is 0. The van der Waals surface area contributed by atoms with E-state index in [1.54, 1.807) is 0 Å². The molecule has 140 valence electrons. The molecule has 10 heteroatoms. The zero-order valence-electron chi connectivity index (χ0n) is 14.1. The Balaban J connectivity index is 2.20. The molecule has 1 aliphatic rings. The average molecular weight is 378 g/mol. The molecule has 1 aliphatic heterocycles. The molecule has 1 amide bonds. The Labute approximate surface area is 144 Å². The first-order chi connectivity index (χ1) is 11.6. The second kappa shape index (κ2) is 7.22. The van der Waals surface area contributed by atoms with Crippen molar-refractivity contribution in [1.82, 2.24) is 9.21 Å². The number of amides is 1. The number of benzene rings is 1. The average Bonchev–Trinajstić information content (AvgIpc) is 2.87. The first-order valence-corrected chi connectivity index (χ1v) is 9.09. The molecule has 2 rings (SSSR count). The van der Waals surface area contributed by atoms with Crippen LogP contribution in [0, 0.1) is 17.6 Å². The molecule has 0 aromatic heterocycles. The van der Waals surface area contributed by atoms with E-state index in [1.165, 1.54) is 14.1 Å². The Kier molecular flexibility index (Phi) is 5.65. The molecule has 0 spiro atoms. The van der Waals surface area contributed by atoms with Gasteiger partial charge in [0, 0.05) is 33.1 Å². The number of halogens is 2. The standard InChI is InChI=1S/C15H20F2N2O5S/c1-18(2)25(22,23)8-9-6-19(7-12(9)20)15(21)10-4-5-11(16)14(24-3)13(10)17/h4-5,9,12,20H,6-8H2,1-3H3/t9-,12-/m0/s1. The quantitative estimate of drug-likeness (QED) is 0.796. The van der Waals surface area contributed by atoms with Gasteiger partial charge in [-0.2, -0.15) is 0 Å². The fourth-order valence-corrected chi connectivity index (χ4v) is 3.83. The van der Waals surface area contributed by atoms with Gasteiger partial charge >= 0.3 is 0 Å². The third-order valence-corrected chi connectivity index (χ3v) is 6.12. The molecule has 1 aromatic rings. The van der Waals surface area contributed by atoms with Gasteiger partial charge in [-0.1, -0.05) is 0 Å². The lowest BCUT2D eigenvalue weighted by molar-refractivity contribution is 0.0759. The summed E-state index contributed by atoms with van der Waals surface area (Å²) < 4.78 is 57.2. The third kappa shape index (κ3) is 3.91. The second-order valence-electron chi connectivity index (χ2n) is 6.04. The fourth-order valence-electron chi connectivity index (χ4n) is 2.66. The molecule has 1 fully saturated rings. The number of carbonyl (C=O) groups is 1. The Hall–Kier alpha value is -1.78. The van der Waals surface area contributed by atoms with Crippen LogP contribution < -0.4 is 4.74 Å². The number of likely N-dealkylation sites (tertiary alicyclic amines) is 1. The van der Waals surface area contributed by atoms with Gasteiger partial charge in [-0.3, -0.25) is 4.79 Å². The highest BCUT2D eigenvalue weighted by Gasteiger charge is 2.38. The van der Waals surface area contributed by atoms with Gasteiger partial charge in [0.05, 0.1) is 24.5 Å². The zero-order chi connectivity index (χ0) is 18.9. The lowest BCUT2D eigenvalue weighted by Crippen LogP contribution is -2.33. The summed E-state index contributed by atoms with van der Waals surface area (Å²) in [4.78, 5) is 13.6. The van der Waals surface area contributed by atoms with Gasteiger partial charge < -0.3 is 14.7 Å². The molecular weight excluding hydrogens is 358 g/mol. The van der Waals surface area contributed by atoms with Crippen molar-refractivity contribution in [3.8, 4) is 5.75 Å². The first kappa shape index (κ1) is 19.5. The van der Waals surface area contributed by atoms with Crippen LogP contribution in [0.3, 0.4) is 0 Å². The van der Waals surface area contributed by atoms with Gasteiger partial charge in [-0.25, -0.2) is 21.5 Å². The molecule has 0 bridgehead atoms. The third-order valence-electron chi connectivity index (χ3n) is 4.16. The molecule has 1 N–H and O–H groups in total. The molecule has 0 unspecified atom stereocenters. The summed E-state index contributed by atoms with van der Waals surface area (Å²) in [6, 6.07) is 1.90. The number of aliphatic hydroxyl groups is 1. The minimum atomic E-state index is -3.56. The molecule has 1 saturated heterocycles. The largest absolute Gasteiger partial charge is 0.491 e. The summed E-state index contributed by atoms with van der Waals surface area (Å²) in [6.45, 7) is -0.183. The van der Waals surface area contributed by atoms with Crippen LogP contribution in [0.4, 0.5) is 8.78 Å². The second-order valence-corrected chi connectivity index (χ2v) is 8.27. The number of β-amino-alcohol motifs (C(OH)–C–C–N with tert-alkyl or cyclic N) is 1. The highest BCUT2D eigenvalue weighted by Crippen LogP contribution is 2.27. The lowest BCUT2D eigenvalue weighted by atomic mass is 10.1. The van der Waals surface area contributed by atoms with E-state index in [4.69, 9.17) is 0 Å². The van der Waals surface area contributed by atoms with Gasteiger partial charge in [0.15, 0.2) is 17.4 Å². The smallest absolute Gasteiger partial charge is 0.257 e. The van der Waals surface area contributed by atoms with Crippen molar-refractivity contribution in [1.29, 1.82) is 0 Å². The molecule has 7 nitrogen and oxygen atoms in total. The molecule has 25 heavy (non-hydrogen) atoms. The predicted octanol–water partition coefficient (Wildman–Crippen LogP) is 0.298. The van der Waals surface area contributed by atoms with Gasteiger partial charge in [-0.05, 0) is 12.1 Å². The van der Waals surface area contributed by atoms with E-state index in [-0.39, 0.29) is 18.8 Å². The Morgan fingerprint density at radius 2 is 2.00 bits per heavy atom. The number of rotatable bonds is 5. The van der Waals surface area contributed by atoms with E-state index < -0.39 is 50.9 Å². The minimum absolute atomic E-state index is 0.0494. The van der Waals surface area contributed by atoms with Crippen molar-refractivity contribution in [2.75, 3.05) is 40.0 Å². The molecule has 1 heterocycles. The monoisotopic (exact) mass is 378 g/mol. The van der Waals surface area contributed by atoms with E-state index in [0.717, 1.165) is 28.4 Å². The van der Waals surface area contributed by atoms with Gasteiger partial charge in [0.2, 0.25) is 10.0 Å². The van der Waals surface area contributed by atoms with Crippen LogP contribution in [0.15, 0.2) is 12.1 Å². The van der Waals surface area contributed by atoms with Crippen molar-refractivity contribution in [3.63, 3.8) is 0 Å². The number of aliphatic hydroxyl groups excluding tert-OH is 1. The Morgan fingerprint density at radius 3 is 2.56 bits per heavy atom. The number of sulfonamides is 1. The van der Waals surface area contributed by atoms with Crippen LogP contribution in [-0.4, -0.2) is 74.8 Å². The molecule has 0 saturated carbocycles. The highest BCUT2D eigenvalue weighted by atomic mass is 32.2. The SMILES string of the molecule is COc1c(F)ccc(C(=O)N2C[C@@H](CS(=O)(=O)N(C)C)[C@@H](O)C2)c1F. The number of hydrogen-bond acceptors (Lipinski definition) is 5. The topological polar surface area (TPSA) is 87.2 Å². The maximum atomic E-state index is 14.2. The molecular formula is C15H20F2N2O5S. The van der Waals surface area contributed by atoms with Crippen LogP contribution in [0.25, 0.3) is 0 Å². The number of ether oxygens (including phenoxy) is 1. The Bertz CT molecular complexity index is 769. The van der Waals surface area contributed by atoms with E-state index in [2.05, 4.69) is 4.74 Å². The van der Waals surface area contributed by atoms with Crippen LogP contribution in [0.5, 0.6) is 5.75 Å². The maximum absolute atomic E-state index is 14.2. The van der Waals surface area contributed by atoms with E-state index in [1.807, 2.05) is 0 Å². The molecule has 1 aromatic carbocycles. The molecule has 0 aliphatic carbocycles. The highest BCUT2D eigenvalue weighted by molar-refractivity contribution is 7.89. The normalized spacial score (nSPS) is 21.0. The lowest BCUT2D eigenvalue weighted by Gasteiger charge is -2.18. The van der Waals surface area contributed by atoms with Crippen LogP contribution in [-0.2, 0) is 10.0 Å². The van der Waals surface area contributed by atoms with Crippen LogP contribution >= 0.6 is 0 Å². The molecule has 2 atom stereocenters. The summed E-state index contributed by atoms with van der Waals surface area (Å²) in [5.41, 5.74) is -0.401. The minimum Gasteiger partial charge on any atom is -0.491 e. The maximum Gasteiger partial charge on any atom is 0.257 e. The van der Waals surface area contributed by atoms with Crippen molar-refractivity contribution in [3.05, 3.63) is 29.3 Å². The van der Waals surface area contributed by atoms with Crippen molar-refractivity contribution >= 4 is 15.9 Å². The summed E-state index contributed by atoms with van der Waals surface area (Å²) in [6.07, 6.45) is -1.05. The van der Waals surface area contributed by atoms with E-state index >= 15 is 0 Å². The summed E-state index contributed by atoms with van der Waals surface area (Å²) in [5.74, 6) is -4.53. The Morgan fingerprint density at radius 1 is 1.36 bits per heavy atom. The summed E-state index contributed by atoms with van der Waals surface area (Å²) in [5, 5.41) is 10.1. The van der Waals surface area contributed by atoms with Crippen LogP contribution in [0.2, 0.25) is 0 Å². The number of carbonyl (C=O) groups excluding carboxylic acids is 1. The number of nitrogens with zero attached hydrogens (tertiary/aromatic N) is 2. The van der Waals surface area contributed by atoms with Crippen molar-refractivity contribution in [2.45, 2.75) is 6.10 Å². The zero-order valence-corrected chi connectivity index (χ0v) is 14.9. The van der Waals surface area contributed by atoms with Crippen molar-refractivity contribution in [2.24, 2.45) is 5.92 Å².